The number of carbonyl (C=O) groups excluding carboxylic acids is 2. The van der Waals surface area contributed by atoms with Gasteiger partial charge in [0.1, 0.15) is 6.61 Å². The second-order valence-electron chi connectivity index (χ2n) is 8.33. The summed E-state index contributed by atoms with van der Waals surface area (Å²) in [6.45, 7) is 4.83. The van der Waals surface area contributed by atoms with Gasteiger partial charge in [-0.1, -0.05) is 42.5 Å². The van der Waals surface area contributed by atoms with Crippen molar-refractivity contribution in [1.29, 1.82) is 0 Å². The number of rotatable bonds is 9. The number of nitrogens with zero attached hydrogens (tertiary/aromatic N) is 2. The van der Waals surface area contributed by atoms with Crippen LogP contribution in [0.1, 0.15) is 30.9 Å². The summed E-state index contributed by atoms with van der Waals surface area (Å²) in [5, 5.41) is 14.2. The highest BCUT2D eigenvalue weighted by Crippen LogP contribution is 2.39. The fraction of sp³-hybridized carbons (Fsp3) is 0.308. The van der Waals surface area contributed by atoms with Gasteiger partial charge in [-0.3, -0.25) is 15.0 Å². The Morgan fingerprint density at radius 1 is 1.00 bits per heavy atom. The minimum Gasteiger partial charge on any atom is -0.466 e. The number of benzene rings is 2. The van der Waals surface area contributed by atoms with E-state index in [1.807, 2.05) is 42.3 Å². The third kappa shape index (κ3) is 6.13. The normalized spacial score (nSPS) is 15.6. The third-order valence-electron chi connectivity index (χ3n) is 5.82. The zero-order valence-corrected chi connectivity index (χ0v) is 20.2. The van der Waals surface area contributed by atoms with Crippen LogP contribution in [0, 0.1) is 10.1 Å². The molecule has 9 nitrogen and oxygen atoms in total. The monoisotopic (exact) mass is 479 g/mol. The lowest BCUT2D eigenvalue weighted by atomic mass is 9.80. The summed E-state index contributed by atoms with van der Waals surface area (Å²) in [7, 11) is 3.20. The van der Waals surface area contributed by atoms with Crippen molar-refractivity contribution in [3.05, 3.63) is 98.4 Å². The summed E-state index contributed by atoms with van der Waals surface area (Å²) in [5.41, 5.74) is 3.20. The van der Waals surface area contributed by atoms with Gasteiger partial charge in [0, 0.05) is 36.6 Å². The molecular formula is C26H29N3O6. The molecule has 9 heteroatoms. The number of methoxy groups -OCH3 is 1. The molecule has 1 aliphatic heterocycles. The lowest BCUT2D eigenvalue weighted by Crippen LogP contribution is -2.33. The van der Waals surface area contributed by atoms with Crippen molar-refractivity contribution in [1.82, 2.24) is 10.2 Å². The molecule has 1 atom stereocenters. The minimum absolute atomic E-state index is 0.0886. The van der Waals surface area contributed by atoms with Gasteiger partial charge in [-0.05, 0) is 32.0 Å². The first-order valence-corrected chi connectivity index (χ1v) is 11.1. The Morgan fingerprint density at radius 3 is 2.17 bits per heavy atom. The number of esters is 2. The number of ether oxygens (including phenoxy) is 2. The van der Waals surface area contributed by atoms with Crippen molar-refractivity contribution in [2.75, 3.05) is 27.3 Å². The number of dihydropyridines is 1. The fourth-order valence-electron chi connectivity index (χ4n) is 4.11. The van der Waals surface area contributed by atoms with E-state index in [-0.39, 0.29) is 23.4 Å². The first-order chi connectivity index (χ1) is 16.7. The Hall–Kier alpha value is -3.98. The molecule has 0 aliphatic carbocycles. The van der Waals surface area contributed by atoms with Crippen LogP contribution in [0.15, 0.2) is 77.1 Å². The van der Waals surface area contributed by atoms with Gasteiger partial charge in [0.25, 0.3) is 5.69 Å². The van der Waals surface area contributed by atoms with E-state index in [9.17, 15) is 19.7 Å². The Kier molecular flexibility index (Phi) is 8.38. The minimum atomic E-state index is -0.793. The molecular weight excluding hydrogens is 450 g/mol. The summed E-state index contributed by atoms with van der Waals surface area (Å²) < 4.78 is 10.6. The quantitative estimate of drug-likeness (QED) is 0.329. The van der Waals surface area contributed by atoms with E-state index in [0.717, 1.165) is 5.56 Å². The number of allylic oxidation sites excluding steroid dienone is 2. The van der Waals surface area contributed by atoms with Gasteiger partial charge in [0.05, 0.1) is 29.1 Å². The number of nitro benzene ring substituents is 1. The van der Waals surface area contributed by atoms with Gasteiger partial charge in [-0.2, -0.15) is 0 Å². The standard InChI is InChI=1S/C26H29N3O6/c1-17-22(25(30)34-4)24(20-10-12-21(13-11-20)29(32)33)23(18(2)27-17)26(31)35-15-14-28(3)16-19-8-6-5-7-9-19/h5-13,24,27H,14-16H2,1-4H3/t24-/m0/s1. The Labute approximate surface area is 204 Å². The molecule has 3 rings (SSSR count). The zero-order chi connectivity index (χ0) is 25.5. The van der Waals surface area contributed by atoms with E-state index < -0.39 is 22.8 Å². The fourth-order valence-corrected chi connectivity index (χ4v) is 4.11. The molecule has 35 heavy (non-hydrogen) atoms. The van der Waals surface area contributed by atoms with Gasteiger partial charge < -0.3 is 14.8 Å². The van der Waals surface area contributed by atoms with E-state index >= 15 is 0 Å². The highest BCUT2D eigenvalue weighted by atomic mass is 16.6. The maximum absolute atomic E-state index is 13.2. The van der Waals surface area contributed by atoms with E-state index in [1.165, 1.54) is 19.2 Å². The average molecular weight is 480 g/mol. The Morgan fingerprint density at radius 2 is 1.60 bits per heavy atom. The van der Waals surface area contributed by atoms with Crippen LogP contribution in [-0.4, -0.2) is 49.1 Å². The Balaban J connectivity index is 1.81. The van der Waals surface area contributed by atoms with Gasteiger partial charge in [-0.25, -0.2) is 9.59 Å². The average Bonchev–Trinajstić information content (AvgIpc) is 2.83. The van der Waals surface area contributed by atoms with Crippen molar-refractivity contribution >= 4 is 17.6 Å². The van der Waals surface area contributed by atoms with Crippen molar-refractivity contribution in [2.24, 2.45) is 0 Å². The summed E-state index contributed by atoms with van der Waals surface area (Å²) in [4.78, 5) is 38.6. The van der Waals surface area contributed by atoms with Gasteiger partial charge >= 0.3 is 11.9 Å². The second kappa shape index (κ2) is 11.4. The van der Waals surface area contributed by atoms with Crippen molar-refractivity contribution < 1.29 is 24.0 Å². The molecule has 0 unspecified atom stereocenters. The molecule has 0 fully saturated rings. The maximum Gasteiger partial charge on any atom is 0.336 e. The van der Waals surface area contributed by atoms with Crippen LogP contribution < -0.4 is 5.32 Å². The molecule has 184 valence electrons. The van der Waals surface area contributed by atoms with Crippen LogP contribution in [0.4, 0.5) is 5.69 Å². The molecule has 0 saturated carbocycles. The first kappa shape index (κ1) is 25.6. The van der Waals surface area contributed by atoms with E-state index in [2.05, 4.69) is 5.32 Å². The van der Waals surface area contributed by atoms with Gasteiger partial charge in [0.2, 0.25) is 0 Å². The molecule has 1 heterocycles. The maximum atomic E-state index is 13.2. The highest BCUT2D eigenvalue weighted by Gasteiger charge is 2.38. The molecule has 0 aromatic heterocycles. The van der Waals surface area contributed by atoms with Gasteiger partial charge in [0.15, 0.2) is 0 Å². The number of carbonyl (C=O) groups is 2. The molecule has 2 aromatic carbocycles. The predicted molar refractivity (Wildman–Crippen MR) is 130 cm³/mol. The highest BCUT2D eigenvalue weighted by molar-refractivity contribution is 5.99. The topological polar surface area (TPSA) is 111 Å². The van der Waals surface area contributed by atoms with Crippen molar-refractivity contribution in [2.45, 2.75) is 26.3 Å². The third-order valence-corrected chi connectivity index (χ3v) is 5.82. The molecule has 0 amide bonds. The largest absolute Gasteiger partial charge is 0.466 e. The number of hydrogen-bond acceptors (Lipinski definition) is 8. The molecule has 0 radical (unpaired) electrons. The zero-order valence-electron chi connectivity index (χ0n) is 20.2. The number of nitrogens with one attached hydrogen (secondary N) is 1. The number of non-ortho nitro benzene ring substituents is 1. The molecule has 1 aliphatic rings. The summed E-state index contributed by atoms with van der Waals surface area (Å²) in [5.74, 6) is -1.96. The summed E-state index contributed by atoms with van der Waals surface area (Å²) in [6.07, 6.45) is 0. The number of hydrogen-bond donors (Lipinski definition) is 1. The van der Waals surface area contributed by atoms with Crippen molar-refractivity contribution in [3.63, 3.8) is 0 Å². The van der Waals surface area contributed by atoms with Crippen LogP contribution in [0.5, 0.6) is 0 Å². The number of likely N-dealkylation sites (N-methyl/N-ethyl adjacent to an activating group) is 1. The van der Waals surface area contributed by atoms with Crippen LogP contribution in [0.25, 0.3) is 0 Å². The molecule has 0 saturated heterocycles. The van der Waals surface area contributed by atoms with E-state index in [1.54, 1.807) is 26.0 Å². The second-order valence-corrected chi connectivity index (χ2v) is 8.33. The van der Waals surface area contributed by atoms with E-state index in [0.29, 0.717) is 30.0 Å². The molecule has 2 aromatic rings. The lowest BCUT2D eigenvalue weighted by Gasteiger charge is -2.30. The van der Waals surface area contributed by atoms with Gasteiger partial charge in [-0.15, -0.1) is 0 Å². The smallest absolute Gasteiger partial charge is 0.336 e. The predicted octanol–water partition coefficient (Wildman–Crippen LogP) is 3.68. The molecule has 0 spiro atoms. The molecule has 1 N–H and O–H groups in total. The SMILES string of the molecule is COC(=O)C1=C(C)NC(C)=C(C(=O)OCCN(C)Cc2ccccc2)[C@H]1c1ccc([N+](=O)[O-])cc1. The van der Waals surface area contributed by atoms with Crippen molar-refractivity contribution in [3.8, 4) is 0 Å². The Bertz CT molecular complexity index is 1160. The first-order valence-electron chi connectivity index (χ1n) is 11.1. The van der Waals surface area contributed by atoms with Crippen LogP contribution in [-0.2, 0) is 25.6 Å². The lowest BCUT2D eigenvalue weighted by molar-refractivity contribution is -0.384. The van der Waals surface area contributed by atoms with Crippen LogP contribution in [0.3, 0.4) is 0 Å². The molecule has 0 bridgehead atoms. The van der Waals surface area contributed by atoms with E-state index in [4.69, 9.17) is 9.47 Å². The van der Waals surface area contributed by atoms with Crippen LogP contribution in [0.2, 0.25) is 0 Å². The summed E-state index contributed by atoms with van der Waals surface area (Å²) >= 11 is 0. The van der Waals surface area contributed by atoms with Crippen LogP contribution >= 0.6 is 0 Å². The number of nitro groups is 1. The summed E-state index contributed by atoms with van der Waals surface area (Å²) in [6, 6.07) is 15.7.